The number of aromatic carboxylic acids is 1. The lowest BCUT2D eigenvalue weighted by molar-refractivity contribution is 0.0364. The van der Waals surface area contributed by atoms with Gasteiger partial charge in [-0.1, -0.05) is 0 Å². The fourth-order valence-electron chi connectivity index (χ4n) is 0.877. The van der Waals surface area contributed by atoms with Gasteiger partial charge in [0.15, 0.2) is 5.69 Å². The normalized spacial score (nSPS) is 10.2. The Morgan fingerprint density at radius 1 is 1.57 bits per heavy atom. The van der Waals surface area contributed by atoms with Gasteiger partial charge in [0.25, 0.3) is 0 Å². The molecule has 0 atom stereocenters. The maximum Gasteiger partial charge on any atom is 0.357 e. The standard InChI is InChI=1S/C8H10N2O4/c1-4(2)14-8(13)6-5(7(11)12)3-9-10-6/h3-4H,1-2H3,(H,9,10)(H,11,12). The second-order valence-corrected chi connectivity index (χ2v) is 2.92. The van der Waals surface area contributed by atoms with E-state index in [4.69, 9.17) is 9.84 Å². The van der Waals surface area contributed by atoms with Crippen LogP contribution >= 0.6 is 0 Å². The van der Waals surface area contributed by atoms with Crippen molar-refractivity contribution in [2.45, 2.75) is 20.0 Å². The highest BCUT2D eigenvalue weighted by molar-refractivity contribution is 6.00. The molecule has 0 radical (unpaired) electrons. The van der Waals surface area contributed by atoms with Crippen molar-refractivity contribution in [1.29, 1.82) is 0 Å². The fraction of sp³-hybridized carbons (Fsp3) is 0.375. The first-order chi connectivity index (χ1) is 6.52. The van der Waals surface area contributed by atoms with Gasteiger partial charge < -0.3 is 9.84 Å². The first-order valence-corrected chi connectivity index (χ1v) is 4.00. The maximum absolute atomic E-state index is 11.3. The van der Waals surface area contributed by atoms with E-state index in [-0.39, 0.29) is 17.4 Å². The van der Waals surface area contributed by atoms with Gasteiger partial charge in [-0.2, -0.15) is 5.10 Å². The van der Waals surface area contributed by atoms with Gasteiger partial charge in [0.1, 0.15) is 5.56 Å². The minimum absolute atomic E-state index is 0.133. The predicted octanol–water partition coefficient (Wildman–Crippen LogP) is 0.673. The number of H-pyrrole nitrogens is 1. The van der Waals surface area contributed by atoms with Crippen LogP contribution in [-0.2, 0) is 4.74 Å². The molecule has 0 spiro atoms. The SMILES string of the molecule is CC(C)OC(=O)c1[nH]ncc1C(=O)O. The van der Waals surface area contributed by atoms with Crippen LogP contribution in [0.25, 0.3) is 0 Å². The van der Waals surface area contributed by atoms with E-state index in [1.807, 2.05) is 0 Å². The average molecular weight is 198 g/mol. The smallest absolute Gasteiger partial charge is 0.357 e. The van der Waals surface area contributed by atoms with E-state index in [0.29, 0.717) is 0 Å². The van der Waals surface area contributed by atoms with E-state index in [9.17, 15) is 9.59 Å². The van der Waals surface area contributed by atoms with Gasteiger partial charge in [0.05, 0.1) is 12.3 Å². The van der Waals surface area contributed by atoms with Crippen molar-refractivity contribution in [1.82, 2.24) is 10.2 Å². The summed E-state index contributed by atoms with van der Waals surface area (Å²) in [5.74, 6) is -1.93. The average Bonchev–Trinajstić information content (AvgIpc) is 2.49. The third-order valence-corrected chi connectivity index (χ3v) is 1.42. The number of carbonyl (C=O) groups is 2. The minimum atomic E-state index is -1.21. The zero-order chi connectivity index (χ0) is 10.7. The van der Waals surface area contributed by atoms with Crippen LogP contribution in [0.4, 0.5) is 0 Å². The number of aromatic amines is 1. The first kappa shape index (κ1) is 10.2. The molecule has 6 nitrogen and oxygen atoms in total. The summed E-state index contributed by atoms with van der Waals surface area (Å²) in [4.78, 5) is 21.9. The third kappa shape index (κ3) is 2.09. The molecule has 0 unspecified atom stereocenters. The van der Waals surface area contributed by atoms with Crippen molar-refractivity contribution in [3.8, 4) is 0 Å². The molecule has 14 heavy (non-hydrogen) atoms. The molecule has 0 fully saturated rings. The monoisotopic (exact) mass is 198 g/mol. The summed E-state index contributed by atoms with van der Waals surface area (Å²) < 4.78 is 4.81. The molecule has 1 aromatic rings. The van der Waals surface area contributed by atoms with E-state index in [1.165, 1.54) is 0 Å². The van der Waals surface area contributed by atoms with Gasteiger partial charge in [0, 0.05) is 0 Å². The van der Waals surface area contributed by atoms with Crippen LogP contribution in [0.3, 0.4) is 0 Å². The lowest BCUT2D eigenvalue weighted by Gasteiger charge is -2.06. The highest BCUT2D eigenvalue weighted by Gasteiger charge is 2.20. The zero-order valence-corrected chi connectivity index (χ0v) is 7.77. The number of aromatic nitrogens is 2. The van der Waals surface area contributed by atoms with Crippen LogP contribution in [0.15, 0.2) is 6.20 Å². The van der Waals surface area contributed by atoms with Crippen molar-refractivity contribution in [3.05, 3.63) is 17.5 Å². The van der Waals surface area contributed by atoms with Crippen LogP contribution in [0.1, 0.15) is 34.7 Å². The Labute approximate surface area is 79.9 Å². The van der Waals surface area contributed by atoms with Crippen LogP contribution in [-0.4, -0.2) is 33.3 Å². The zero-order valence-electron chi connectivity index (χ0n) is 7.77. The number of rotatable bonds is 3. The van der Waals surface area contributed by atoms with Crippen LogP contribution < -0.4 is 0 Å². The summed E-state index contributed by atoms with van der Waals surface area (Å²) in [6, 6.07) is 0. The Morgan fingerprint density at radius 2 is 2.21 bits per heavy atom. The van der Waals surface area contributed by atoms with Gasteiger partial charge in [-0.25, -0.2) is 9.59 Å². The molecule has 76 valence electrons. The molecule has 0 amide bonds. The topological polar surface area (TPSA) is 92.3 Å². The van der Waals surface area contributed by atoms with Gasteiger partial charge >= 0.3 is 11.9 Å². The van der Waals surface area contributed by atoms with Crippen molar-refractivity contribution in [3.63, 3.8) is 0 Å². The molecule has 0 aliphatic carbocycles. The lowest BCUT2D eigenvalue weighted by Crippen LogP contribution is -2.15. The van der Waals surface area contributed by atoms with E-state index in [0.717, 1.165) is 6.20 Å². The van der Waals surface area contributed by atoms with E-state index in [1.54, 1.807) is 13.8 Å². The van der Waals surface area contributed by atoms with Crippen LogP contribution in [0, 0.1) is 0 Å². The quantitative estimate of drug-likeness (QED) is 0.696. The molecule has 1 heterocycles. The van der Waals surface area contributed by atoms with E-state index < -0.39 is 11.9 Å². The Hall–Kier alpha value is -1.85. The molecular formula is C8H10N2O4. The first-order valence-electron chi connectivity index (χ1n) is 4.00. The molecule has 0 bridgehead atoms. The number of hydrogen-bond acceptors (Lipinski definition) is 4. The molecule has 0 saturated heterocycles. The third-order valence-electron chi connectivity index (χ3n) is 1.42. The summed E-state index contributed by atoms with van der Waals surface area (Å²) in [7, 11) is 0. The van der Waals surface area contributed by atoms with Crippen molar-refractivity contribution >= 4 is 11.9 Å². The second kappa shape index (κ2) is 3.91. The highest BCUT2D eigenvalue weighted by Crippen LogP contribution is 2.07. The van der Waals surface area contributed by atoms with Gasteiger partial charge in [0.2, 0.25) is 0 Å². The minimum Gasteiger partial charge on any atom is -0.478 e. The molecule has 6 heteroatoms. The summed E-state index contributed by atoms with van der Waals surface area (Å²) >= 11 is 0. The van der Waals surface area contributed by atoms with Crippen molar-refractivity contribution in [2.24, 2.45) is 0 Å². The van der Waals surface area contributed by atoms with Crippen LogP contribution in [0.2, 0.25) is 0 Å². The van der Waals surface area contributed by atoms with Crippen LogP contribution in [0.5, 0.6) is 0 Å². The van der Waals surface area contributed by atoms with Crippen molar-refractivity contribution in [2.75, 3.05) is 0 Å². The number of esters is 1. The molecule has 0 aliphatic rings. The van der Waals surface area contributed by atoms with E-state index in [2.05, 4.69) is 10.2 Å². The van der Waals surface area contributed by atoms with Gasteiger partial charge in [-0.15, -0.1) is 0 Å². The Balaban J connectivity index is 2.90. The Kier molecular flexibility index (Phi) is 2.85. The molecular weight excluding hydrogens is 188 g/mol. The Bertz CT molecular complexity index is 356. The van der Waals surface area contributed by atoms with Crippen molar-refractivity contribution < 1.29 is 19.4 Å². The largest absolute Gasteiger partial charge is 0.478 e. The Morgan fingerprint density at radius 3 is 2.71 bits per heavy atom. The summed E-state index contributed by atoms with van der Waals surface area (Å²) in [6.45, 7) is 3.35. The number of nitrogens with zero attached hydrogens (tertiary/aromatic N) is 1. The molecule has 0 aliphatic heterocycles. The summed E-state index contributed by atoms with van der Waals surface area (Å²) in [6.07, 6.45) is 0.770. The predicted molar refractivity (Wildman–Crippen MR) is 46.1 cm³/mol. The summed E-state index contributed by atoms with van der Waals surface area (Å²) in [5, 5.41) is 14.4. The molecule has 1 aromatic heterocycles. The molecule has 0 saturated carbocycles. The molecule has 1 rings (SSSR count). The highest BCUT2D eigenvalue weighted by atomic mass is 16.5. The second-order valence-electron chi connectivity index (χ2n) is 2.92. The number of carboxylic acids is 1. The number of carbonyl (C=O) groups excluding carboxylic acids is 1. The maximum atomic E-state index is 11.3. The fourth-order valence-corrected chi connectivity index (χ4v) is 0.877. The number of nitrogens with one attached hydrogen (secondary N) is 1. The molecule has 2 N–H and O–H groups in total. The number of hydrogen-bond donors (Lipinski definition) is 2. The van der Waals surface area contributed by atoms with E-state index >= 15 is 0 Å². The molecule has 0 aromatic carbocycles. The van der Waals surface area contributed by atoms with Gasteiger partial charge in [-0.05, 0) is 13.8 Å². The number of ether oxygens (including phenoxy) is 1. The van der Waals surface area contributed by atoms with Gasteiger partial charge in [-0.3, -0.25) is 5.10 Å². The summed E-state index contributed by atoms with van der Waals surface area (Å²) in [5.41, 5.74) is -0.318. The lowest BCUT2D eigenvalue weighted by atomic mass is 10.2. The number of carboxylic acid groups (broad SMARTS) is 1.